The molecule has 4 N–H and O–H groups in total. The van der Waals surface area contributed by atoms with E-state index in [0.717, 1.165) is 37.9 Å². The van der Waals surface area contributed by atoms with Gasteiger partial charge in [-0.3, -0.25) is 10.1 Å². The second kappa shape index (κ2) is 9.08. The number of aromatic nitrogens is 2. The monoisotopic (exact) mass is 406 g/mol. The van der Waals surface area contributed by atoms with Crippen molar-refractivity contribution >= 4 is 17.5 Å². The Morgan fingerprint density at radius 2 is 1.90 bits per heavy atom. The first kappa shape index (κ1) is 20.8. The number of nitrogens with zero attached hydrogens (tertiary/aromatic N) is 4. The molecule has 1 aromatic heterocycles. The molecule has 1 saturated carbocycles. The van der Waals surface area contributed by atoms with E-state index in [4.69, 9.17) is 11.5 Å². The first-order valence-electron chi connectivity index (χ1n) is 9.53. The van der Waals surface area contributed by atoms with Gasteiger partial charge in [-0.05, 0) is 50.1 Å². The highest BCUT2D eigenvalue weighted by atomic mass is 19.2. The molecule has 0 radical (unpaired) electrons. The molecule has 1 aliphatic rings. The van der Waals surface area contributed by atoms with Crippen LogP contribution < -0.4 is 16.4 Å². The summed E-state index contributed by atoms with van der Waals surface area (Å²) < 4.78 is 27.9. The fraction of sp³-hybridized carbons (Fsp3) is 0.474. The predicted molar refractivity (Wildman–Crippen MR) is 105 cm³/mol. The zero-order chi connectivity index (χ0) is 21.0. The summed E-state index contributed by atoms with van der Waals surface area (Å²) in [5.74, 6) is -1.18. The SMILES string of the molecule is NCC1CCC(CN(Cc2cccc(F)c2F)c2ncc([N+](=O)[O-])c(N)n2)CC1. The molecule has 0 spiro atoms. The fourth-order valence-electron chi connectivity index (χ4n) is 3.73. The molecule has 1 aliphatic carbocycles. The number of nitrogens with two attached hydrogens (primary N) is 2. The molecular weight excluding hydrogens is 382 g/mol. The molecule has 10 heteroatoms. The van der Waals surface area contributed by atoms with Gasteiger partial charge in [-0.2, -0.15) is 4.98 Å². The third-order valence-electron chi connectivity index (χ3n) is 5.44. The molecule has 0 bridgehead atoms. The number of hydrogen-bond donors (Lipinski definition) is 2. The maximum atomic E-state index is 14.2. The predicted octanol–water partition coefficient (Wildman–Crippen LogP) is 3.02. The topological polar surface area (TPSA) is 124 Å². The normalized spacial score (nSPS) is 19.1. The molecule has 1 fully saturated rings. The van der Waals surface area contributed by atoms with Crippen molar-refractivity contribution in [2.75, 3.05) is 23.7 Å². The molecule has 8 nitrogen and oxygen atoms in total. The Morgan fingerprint density at radius 3 is 2.52 bits per heavy atom. The van der Waals surface area contributed by atoms with Crippen LogP contribution in [0.4, 0.5) is 26.2 Å². The summed E-state index contributed by atoms with van der Waals surface area (Å²) in [4.78, 5) is 20.1. The van der Waals surface area contributed by atoms with Crippen LogP contribution in [0.3, 0.4) is 0 Å². The summed E-state index contributed by atoms with van der Waals surface area (Å²) in [6.45, 7) is 1.19. The van der Waals surface area contributed by atoms with Gasteiger partial charge in [0.15, 0.2) is 11.6 Å². The van der Waals surface area contributed by atoms with Crippen molar-refractivity contribution in [3.05, 3.63) is 51.7 Å². The molecule has 156 valence electrons. The van der Waals surface area contributed by atoms with Crippen molar-refractivity contribution in [1.82, 2.24) is 9.97 Å². The van der Waals surface area contributed by atoms with Gasteiger partial charge < -0.3 is 16.4 Å². The lowest BCUT2D eigenvalue weighted by atomic mass is 9.82. The maximum absolute atomic E-state index is 14.2. The van der Waals surface area contributed by atoms with Gasteiger partial charge in [0.05, 0.1) is 4.92 Å². The molecule has 0 aliphatic heterocycles. The minimum Gasteiger partial charge on any atom is -0.378 e. The van der Waals surface area contributed by atoms with E-state index in [2.05, 4.69) is 9.97 Å². The van der Waals surface area contributed by atoms with E-state index in [1.54, 1.807) is 4.90 Å². The summed E-state index contributed by atoms with van der Waals surface area (Å²) >= 11 is 0. The summed E-state index contributed by atoms with van der Waals surface area (Å²) in [5.41, 5.74) is 11.2. The Kier molecular flexibility index (Phi) is 6.53. The van der Waals surface area contributed by atoms with Crippen molar-refractivity contribution in [1.29, 1.82) is 0 Å². The van der Waals surface area contributed by atoms with Crippen LogP contribution >= 0.6 is 0 Å². The molecule has 0 amide bonds. The first-order valence-corrected chi connectivity index (χ1v) is 9.53. The minimum absolute atomic E-state index is 0.0255. The van der Waals surface area contributed by atoms with Gasteiger partial charge in [0.25, 0.3) is 0 Å². The Hall–Kier alpha value is -2.88. The highest BCUT2D eigenvalue weighted by molar-refractivity contribution is 5.54. The van der Waals surface area contributed by atoms with Crippen LogP contribution in [0.15, 0.2) is 24.4 Å². The zero-order valence-electron chi connectivity index (χ0n) is 15.9. The molecule has 0 saturated heterocycles. The van der Waals surface area contributed by atoms with Gasteiger partial charge in [0, 0.05) is 18.7 Å². The van der Waals surface area contributed by atoms with Gasteiger partial charge in [-0.1, -0.05) is 12.1 Å². The summed E-state index contributed by atoms with van der Waals surface area (Å²) in [5, 5.41) is 11.0. The number of rotatable bonds is 7. The van der Waals surface area contributed by atoms with Crippen LogP contribution in [0.1, 0.15) is 31.2 Å². The second-order valence-corrected chi connectivity index (χ2v) is 7.41. The summed E-state index contributed by atoms with van der Waals surface area (Å²) in [6.07, 6.45) is 4.95. The van der Waals surface area contributed by atoms with Crippen LogP contribution in [0, 0.1) is 33.6 Å². The standard InChI is InChI=1S/C19H24F2N6O2/c20-15-3-1-2-14(17(15)21)11-26(10-13-6-4-12(8-22)5-7-13)19-24-9-16(27(28)29)18(23)25-19/h1-3,9,12-13H,4-8,10-11,22H2,(H2,23,24,25). The van der Waals surface area contributed by atoms with Crippen molar-refractivity contribution in [3.8, 4) is 0 Å². The number of anilines is 2. The molecule has 29 heavy (non-hydrogen) atoms. The molecule has 1 heterocycles. The van der Waals surface area contributed by atoms with Gasteiger partial charge in [0.1, 0.15) is 6.20 Å². The lowest BCUT2D eigenvalue weighted by Crippen LogP contribution is -2.34. The van der Waals surface area contributed by atoms with E-state index in [9.17, 15) is 18.9 Å². The van der Waals surface area contributed by atoms with E-state index >= 15 is 0 Å². The zero-order valence-corrected chi connectivity index (χ0v) is 15.9. The van der Waals surface area contributed by atoms with Crippen LogP contribution in [-0.2, 0) is 6.54 Å². The third kappa shape index (κ3) is 4.94. The smallest absolute Gasteiger partial charge is 0.329 e. The van der Waals surface area contributed by atoms with E-state index in [-0.39, 0.29) is 23.9 Å². The van der Waals surface area contributed by atoms with Crippen molar-refractivity contribution in [2.24, 2.45) is 17.6 Å². The number of nitrogen functional groups attached to an aromatic ring is 1. The number of halogens is 2. The Balaban J connectivity index is 1.86. The number of benzene rings is 1. The average molecular weight is 406 g/mol. The maximum Gasteiger partial charge on any atom is 0.329 e. The molecule has 2 aromatic rings. The van der Waals surface area contributed by atoms with Crippen LogP contribution in [0.2, 0.25) is 0 Å². The molecule has 0 unspecified atom stereocenters. The quantitative estimate of drug-likeness (QED) is 0.535. The number of hydrogen-bond acceptors (Lipinski definition) is 7. The van der Waals surface area contributed by atoms with Gasteiger partial charge in [-0.25, -0.2) is 13.8 Å². The van der Waals surface area contributed by atoms with Crippen molar-refractivity contribution in [2.45, 2.75) is 32.2 Å². The van der Waals surface area contributed by atoms with E-state index in [0.29, 0.717) is 24.9 Å². The lowest BCUT2D eigenvalue weighted by molar-refractivity contribution is -0.384. The Bertz CT molecular complexity index is 874. The highest BCUT2D eigenvalue weighted by Gasteiger charge is 2.25. The fourth-order valence-corrected chi connectivity index (χ4v) is 3.73. The third-order valence-corrected chi connectivity index (χ3v) is 5.44. The van der Waals surface area contributed by atoms with Gasteiger partial charge in [0.2, 0.25) is 11.8 Å². The average Bonchev–Trinajstić information content (AvgIpc) is 2.71. The second-order valence-electron chi connectivity index (χ2n) is 7.41. The molecule has 1 aromatic carbocycles. The van der Waals surface area contributed by atoms with Crippen LogP contribution in [0.5, 0.6) is 0 Å². The van der Waals surface area contributed by atoms with E-state index < -0.39 is 22.2 Å². The summed E-state index contributed by atoms with van der Waals surface area (Å²) in [6, 6.07) is 3.98. The number of nitro groups is 1. The van der Waals surface area contributed by atoms with E-state index in [1.165, 1.54) is 12.1 Å². The van der Waals surface area contributed by atoms with E-state index in [1.807, 2.05) is 0 Å². The van der Waals surface area contributed by atoms with Crippen LogP contribution in [0.25, 0.3) is 0 Å². The molecular formula is C19H24F2N6O2. The summed E-state index contributed by atoms with van der Waals surface area (Å²) in [7, 11) is 0. The Morgan fingerprint density at radius 1 is 1.21 bits per heavy atom. The largest absolute Gasteiger partial charge is 0.378 e. The lowest BCUT2D eigenvalue weighted by Gasteiger charge is -2.32. The minimum atomic E-state index is -0.935. The molecule has 0 atom stereocenters. The van der Waals surface area contributed by atoms with Crippen molar-refractivity contribution in [3.63, 3.8) is 0 Å². The Labute approximate surface area is 167 Å². The highest BCUT2D eigenvalue weighted by Crippen LogP contribution is 2.31. The van der Waals surface area contributed by atoms with Gasteiger partial charge in [-0.15, -0.1) is 0 Å². The first-order chi connectivity index (χ1) is 13.9. The van der Waals surface area contributed by atoms with Crippen LogP contribution in [-0.4, -0.2) is 28.0 Å². The van der Waals surface area contributed by atoms with Gasteiger partial charge >= 0.3 is 5.69 Å². The molecule has 3 rings (SSSR count). The van der Waals surface area contributed by atoms with Crippen molar-refractivity contribution < 1.29 is 13.7 Å².